The Kier molecular flexibility index (Phi) is 8.18. The summed E-state index contributed by atoms with van der Waals surface area (Å²) in [6.07, 6.45) is 1.55. The van der Waals surface area contributed by atoms with Crippen molar-refractivity contribution in [3.63, 3.8) is 0 Å². The van der Waals surface area contributed by atoms with Gasteiger partial charge in [-0.05, 0) is 12.1 Å². The van der Waals surface area contributed by atoms with Gasteiger partial charge in [0.05, 0.1) is 13.7 Å². The molecule has 0 saturated heterocycles. The monoisotopic (exact) mass is 450 g/mol. The zero-order chi connectivity index (χ0) is 15.9. The second kappa shape index (κ2) is 9.61. The van der Waals surface area contributed by atoms with E-state index in [1.54, 1.807) is 26.5 Å². The third-order valence-electron chi connectivity index (χ3n) is 3.15. The van der Waals surface area contributed by atoms with Crippen LogP contribution in [0.3, 0.4) is 0 Å². The molecule has 0 atom stereocenters. The molecule has 0 amide bonds. The van der Waals surface area contributed by atoms with Gasteiger partial charge in [0.1, 0.15) is 17.7 Å². The number of nitrogens with zero attached hydrogens (tertiary/aromatic N) is 3. The van der Waals surface area contributed by atoms with E-state index >= 15 is 0 Å². The van der Waals surface area contributed by atoms with Crippen LogP contribution >= 0.6 is 35.6 Å². The Labute approximate surface area is 157 Å². The van der Waals surface area contributed by atoms with Crippen LogP contribution in [-0.2, 0) is 13.1 Å². The lowest BCUT2D eigenvalue weighted by Gasteiger charge is -2.21. The lowest BCUT2D eigenvalue weighted by molar-refractivity contribution is 0.390. The number of nitrogens with one attached hydrogen (secondary N) is 1. The molecule has 1 heterocycles. The van der Waals surface area contributed by atoms with Gasteiger partial charge in [0, 0.05) is 37.3 Å². The topological polar surface area (TPSA) is 62.9 Å². The smallest absolute Gasteiger partial charge is 0.194 e. The van der Waals surface area contributed by atoms with Crippen molar-refractivity contribution in [1.82, 2.24) is 15.4 Å². The third kappa shape index (κ3) is 5.58. The van der Waals surface area contributed by atoms with Crippen molar-refractivity contribution in [1.29, 1.82) is 0 Å². The fourth-order valence-electron chi connectivity index (χ4n) is 2.06. The average molecular weight is 451 g/mol. The molecule has 0 aliphatic carbocycles. The number of hydrogen-bond acceptors (Lipinski definition) is 4. The van der Waals surface area contributed by atoms with Gasteiger partial charge in [-0.15, -0.1) is 24.0 Å². The fraction of sp³-hybridized carbons (Fsp3) is 0.333. The van der Waals surface area contributed by atoms with Gasteiger partial charge in [-0.25, -0.2) is 0 Å². The highest BCUT2D eigenvalue weighted by Crippen LogP contribution is 2.22. The highest BCUT2D eigenvalue weighted by atomic mass is 127. The minimum Gasteiger partial charge on any atom is -0.496 e. The Balaban J connectivity index is 0.00000264. The molecule has 126 valence electrons. The molecular formula is C15H20ClIN4O2. The molecule has 8 heteroatoms. The summed E-state index contributed by atoms with van der Waals surface area (Å²) in [5, 5.41) is 7.83. The van der Waals surface area contributed by atoms with Gasteiger partial charge in [0.2, 0.25) is 0 Å². The first kappa shape index (κ1) is 19.6. The van der Waals surface area contributed by atoms with E-state index in [-0.39, 0.29) is 24.0 Å². The number of guanidine groups is 1. The maximum absolute atomic E-state index is 5.97. The molecule has 1 N–H and O–H groups in total. The maximum atomic E-state index is 5.97. The van der Waals surface area contributed by atoms with Crippen molar-refractivity contribution < 1.29 is 9.26 Å². The second-order valence-electron chi connectivity index (χ2n) is 4.70. The van der Waals surface area contributed by atoms with E-state index in [0.717, 1.165) is 23.0 Å². The van der Waals surface area contributed by atoms with Crippen LogP contribution in [-0.4, -0.2) is 37.2 Å². The van der Waals surface area contributed by atoms with Crippen LogP contribution in [0.2, 0.25) is 5.02 Å². The van der Waals surface area contributed by atoms with Gasteiger partial charge in [-0.3, -0.25) is 4.99 Å². The molecule has 0 bridgehead atoms. The van der Waals surface area contributed by atoms with E-state index in [4.69, 9.17) is 20.9 Å². The summed E-state index contributed by atoms with van der Waals surface area (Å²) < 4.78 is 10.2. The summed E-state index contributed by atoms with van der Waals surface area (Å²) in [7, 11) is 5.30. The van der Waals surface area contributed by atoms with Crippen LogP contribution in [0.5, 0.6) is 5.75 Å². The Morgan fingerprint density at radius 1 is 1.43 bits per heavy atom. The summed E-state index contributed by atoms with van der Waals surface area (Å²) in [4.78, 5) is 6.22. The van der Waals surface area contributed by atoms with Crippen LogP contribution in [0.1, 0.15) is 11.3 Å². The Morgan fingerprint density at radius 2 is 2.22 bits per heavy atom. The van der Waals surface area contributed by atoms with E-state index in [1.165, 1.54) is 0 Å². The molecule has 0 aliphatic heterocycles. The highest BCUT2D eigenvalue weighted by molar-refractivity contribution is 14.0. The van der Waals surface area contributed by atoms with E-state index in [1.807, 2.05) is 30.1 Å². The minimum atomic E-state index is 0. The Morgan fingerprint density at radius 3 is 2.83 bits per heavy atom. The number of ether oxygens (including phenoxy) is 1. The molecule has 2 aromatic rings. The molecule has 0 fully saturated rings. The number of aromatic nitrogens is 1. The summed E-state index contributed by atoms with van der Waals surface area (Å²) in [5.41, 5.74) is 1.84. The SMILES string of the molecule is CN=C(NCc1ccc(Cl)cc1OC)N(C)Cc1ccon1.I. The van der Waals surface area contributed by atoms with Crippen LogP contribution in [0.15, 0.2) is 40.0 Å². The number of benzene rings is 1. The fourth-order valence-corrected chi connectivity index (χ4v) is 2.22. The van der Waals surface area contributed by atoms with E-state index < -0.39 is 0 Å². The number of methoxy groups -OCH3 is 1. The molecule has 0 spiro atoms. The lowest BCUT2D eigenvalue weighted by atomic mass is 10.2. The van der Waals surface area contributed by atoms with Crippen LogP contribution in [0.4, 0.5) is 0 Å². The molecule has 0 saturated carbocycles. The molecule has 1 aromatic carbocycles. The number of halogens is 2. The van der Waals surface area contributed by atoms with Gasteiger partial charge in [0.25, 0.3) is 0 Å². The molecule has 0 aliphatic rings. The van der Waals surface area contributed by atoms with E-state index in [9.17, 15) is 0 Å². The molecule has 2 rings (SSSR count). The summed E-state index contributed by atoms with van der Waals surface area (Å²) in [5.74, 6) is 1.50. The van der Waals surface area contributed by atoms with Crippen molar-refractivity contribution in [2.75, 3.05) is 21.2 Å². The lowest BCUT2D eigenvalue weighted by Crippen LogP contribution is -2.38. The Bertz CT molecular complexity index is 634. The minimum absolute atomic E-state index is 0. The summed E-state index contributed by atoms with van der Waals surface area (Å²) in [6.45, 7) is 1.18. The molecule has 1 aromatic heterocycles. The van der Waals surface area contributed by atoms with Gasteiger partial charge in [-0.1, -0.05) is 22.8 Å². The average Bonchev–Trinajstić information content (AvgIpc) is 3.01. The highest BCUT2D eigenvalue weighted by Gasteiger charge is 2.10. The van der Waals surface area contributed by atoms with Crippen molar-refractivity contribution in [2.24, 2.45) is 4.99 Å². The van der Waals surface area contributed by atoms with Crippen LogP contribution in [0.25, 0.3) is 0 Å². The van der Waals surface area contributed by atoms with Gasteiger partial charge in [0.15, 0.2) is 5.96 Å². The first-order valence-corrected chi connectivity index (χ1v) is 7.15. The van der Waals surface area contributed by atoms with Crippen molar-refractivity contribution in [3.8, 4) is 5.75 Å². The summed E-state index contributed by atoms with van der Waals surface area (Å²) in [6, 6.07) is 7.38. The largest absolute Gasteiger partial charge is 0.496 e. The predicted molar refractivity (Wildman–Crippen MR) is 102 cm³/mol. The second-order valence-corrected chi connectivity index (χ2v) is 5.14. The standard InChI is InChI=1S/C15H19ClN4O2.HI/c1-17-15(20(2)10-13-6-7-22-19-13)18-9-11-4-5-12(16)8-14(11)21-3;/h4-8H,9-10H2,1-3H3,(H,17,18);1H. The zero-order valence-corrected chi connectivity index (χ0v) is 16.3. The number of rotatable bonds is 5. The summed E-state index contributed by atoms with van der Waals surface area (Å²) >= 11 is 5.97. The molecule has 0 radical (unpaired) electrons. The zero-order valence-electron chi connectivity index (χ0n) is 13.2. The molecule has 23 heavy (non-hydrogen) atoms. The normalized spacial score (nSPS) is 10.9. The quantitative estimate of drug-likeness (QED) is 0.431. The molecule has 0 unspecified atom stereocenters. The molecule has 6 nitrogen and oxygen atoms in total. The first-order valence-electron chi connectivity index (χ1n) is 6.77. The number of aliphatic imine (C=N–C) groups is 1. The Hall–Kier alpha value is -1.48. The van der Waals surface area contributed by atoms with Crippen molar-refractivity contribution >= 4 is 41.5 Å². The van der Waals surface area contributed by atoms with Crippen LogP contribution < -0.4 is 10.1 Å². The van der Waals surface area contributed by atoms with Crippen molar-refractivity contribution in [3.05, 3.63) is 46.8 Å². The third-order valence-corrected chi connectivity index (χ3v) is 3.38. The number of hydrogen-bond donors (Lipinski definition) is 1. The van der Waals surface area contributed by atoms with E-state index in [2.05, 4.69) is 15.5 Å². The maximum Gasteiger partial charge on any atom is 0.194 e. The van der Waals surface area contributed by atoms with Crippen molar-refractivity contribution in [2.45, 2.75) is 13.1 Å². The van der Waals surface area contributed by atoms with Gasteiger partial charge in [-0.2, -0.15) is 0 Å². The first-order chi connectivity index (χ1) is 10.6. The predicted octanol–water partition coefficient (Wildman–Crippen LogP) is 3.16. The molecular weight excluding hydrogens is 431 g/mol. The van der Waals surface area contributed by atoms with E-state index in [0.29, 0.717) is 18.1 Å². The van der Waals surface area contributed by atoms with Gasteiger partial charge < -0.3 is 19.5 Å². The van der Waals surface area contributed by atoms with Crippen LogP contribution in [0, 0.1) is 0 Å². The van der Waals surface area contributed by atoms with Gasteiger partial charge >= 0.3 is 0 Å².